The topological polar surface area (TPSA) is 56.8 Å². The summed E-state index contributed by atoms with van der Waals surface area (Å²) in [4.78, 5) is 0. The van der Waals surface area contributed by atoms with Gasteiger partial charge < -0.3 is 4.74 Å². The second-order valence-electron chi connectivity index (χ2n) is 6.05. The van der Waals surface area contributed by atoms with Crippen LogP contribution in [0.1, 0.15) is 22.3 Å². The molecule has 3 nitrogen and oxygen atoms in total. The lowest BCUT2D eigenvalue weighted by Gasteiger charge is -2.12. The molecule has 6 heteroatoms. The molecule has 0 heterocycles. The van der Waals surface area contributed by atoms with Crippen LogP contribution >= 0.6 is 27.5 Å². The van der Waals surface area contributed by atoms with Gasteiger partial charge in [-0.05, 0) is 63.5 Å². The summed E-state index contributed by atoms with van der Waals surface area (Å²) in [5, 5.41) is 19.0. The van der Waals surface area contributed by atoms with Crippen LogP contribution < -0.4 is 4.74 Å². The van der Waals surface area contributed by atoms with Gasteiger partial charge in [-0.25, -0.2) is 4.39 Å². The summed E-state index contributed by atoms with van der Waals surface area (Å²) in [6.07, 6.45) is 1.63. The minimum atomic E-state index is -0.413. The molecule has 0 aliphatic heterocycles. The quantitative estimate of drug-likeness (QED) is 0.308. The Morgan fingerprint density at radius 2 is 1.90 bits per heavy atom. The molecular formula is C23H13BrClFN2O. The normalized spacial score (nSPS) is 10.9. The van der Waals surface area contributed by atoms with E-state index in [1.54, 1.807) is 42.5 Å². The second kappa shape index (κ2) is 9.39. The zero-order valence-electron chi connectivity index (χ0n) is 15.0. The summed E-state index contributed by atoms with van der Waals surface area (Å²) >= 11 is 9.82. The van der Waals surface area contributed by atoms with Crippen molar-refractivity contribution in [1.82, 2.24) is 0 Å². The highest BCUT2D eigenvalue weighted by Gasteiger charge is 2.11. The average Bonchev–Trinajstić information content (AvgIpc) is 2.71. The van der Waals surface area contributed by atoms with E-state index in [1.165, 1.54) is 12.1 Å². The Morgan fingerprint density at radius 3 is 2.59 bits per heavy atom. The number of hydrogen-bond donors (Lipinski definition) is 0. The number of ether oxygens (including phenoxy) is 1. The van der Waals surface area contributed by atoms with E-state index in [2.05, 4.69) is 28.1 Å². The summed E-state index contributed by atoms with van der Waals surface area (Å²) in [5.74, 6) is 0.0186. The molecule has 0 saturated carbocycles. The molecule has 0 spiro atoms. The molecule has 3 aromatic rings. The van der Waals surface area contributed by atoms with Gasteiger partial charge in [0.1, 0.15) is 12.4 Å². The Hall–Kier alpha value is -3.12. The molecule has 0 bridgehead atoms. The molecule has 0 aliphatic carbocycles. The van der Waals surface area contributed by atoms with E-state index in [0.717, 1.165) is 5.56 Å². The van der Waals surface area contributed by atoms with Gasteiger partial charge in [0.25, 0.3) is 0 Å². The molecule has 0 amide bonds. The van der Waals surface area contributed by atoms with E-state index in [4.69, 9.17) is 16.3 Å². The van der Waals surface area contributed by atoms with Crippen LogP contribution in [0.2, 0.25) is 5.02 Å². The number of rotatable bonds is 5. The van der Waals surface area contributed by atoms with Crippen LogP contribution in [0.3, 0.4) is 0 Å². The highest BCUT2D eigenvalue weighted by atomic mass is 79.9. The van der Waals surface area contributed by atoms with Gasteiger partial charge in [0.2, 0.25) is 0 Å². The molecule has 0 aliphatic rings. The first-order chi connectivity index (χ1) is 14.0. The van der Waals surface area contributed by atoms with E-state index in [0.29, 0.717) is 37.5 Å². The average molecular weight is 468 g/mol. The first-order valence-electron chi connectivity index (χ1n) is 8.49. The summed E-state index contributed by atoms with van der Waals surface area (Å²) in [6.45, 7) is 0.185. The second-order valence-corrected chi connectivity index (χ2v) is 7.31. The maximum Gasteiger partial charge on any atom is 0.152 e. The molecule has 0 aromatic heterocycles. The number of nitrogens with zero attached hydrogens (tertiary/aromatic N) is 2. The molecule has 0 fully saturated rings. The molecule has 0 N–H and O–H groups in total. The maximum absolute atomic E-state index is 13.5. The zero-order valence-corrected chi connectivity index (χ0v) is 17.3. The molecule has 29 heavy (non-hydrogen) atoms. The van der Waals surface area contributed by atoms with Gasteiger partial charge in [-0.3, -0.25) is 0 Å². The predicted molar refractivity (Wildman–Crippen MR) is 115 cm³/mol. The van der Waals surface area contributed by atoms with Crippen LogP contribution in [-0.4, -0.2) is 0 Å². The Labute approximate surface area is 181 Å². The Balaban J connectivity index is 1.87. The molecule has 0 saturated heterocycles. The summed E-state index contributed by atoms with van der Waals surface area (Å²) in [7, 11) is 0. The predicted octanol–water partition coefficient (Wildman–Crippen LogP) is 6.76. The minimum absolute atomic E-state index is 0.185. The van der Waals surface area contributed by atoms with E-state index in [1.807, 2.05) is 12.1 Å². The van der Waals surface area contributed by atoms with Gasteiger partial charge in [0, 0.05) is 5.56 Å². The van der Waals surface area contributed by atoms with E-state index < -0.39 is 5.82 Å². The van der Waals surface area contributed by atoms with Crippen LogP contribution in [0.5, 0.6) is 5.75 Å². The first-order valence-corrected chi connectivity index (χ1v) is 9.66. The molecule has 0 unspecified atom stereocenters. The minimum Gasteiger partial charge on any atom is -0.486 e. The third-order valence-electron chi connectivity index (χ3n) is 4.10. The number of nitriles is 2. The number of hydrogen-bond acceptors (Lipinski definition) is 3. The Bertz CT molecular complexity index is 1150. The van der Waals surface area contributed by atoms with Crippen LogP contribution in [0.4, 0.5) is 4.39 Å². The van der Waals surface area contributed by atoms with Crippen LogP contribution in [0.15, 0.2) is 65.1 Å². The molecule has 3 rings (SSSR count). The van der Waals surface area contributed by atoms with Gasteiger partial charge in [-0.1, -0.05) is 41.9 Å². The lowest BCUT2D eigenvalue weighted by Crippen LogP contribution is -1.99. The number of benzene rings is 3. The smallest absolute Gasteiger partial charge is 0.152 e. The molecule has 142 valence electrons. The van der Waals surface area contributed by atoms with E-state index in [-0.39, 0.29) is 6.61 Å². The van der Waals surface area contributed by atoms with Gasteiger partial charge in [-0.15, -0.1) is 0 Å². The molecule has 0 radical (unpaired) electrons. The third kappa shape index (κ3) is 5.03. The van der Waals surface area contributed by atoms with Crippen LogP contribution in [0.25, 0.3) is 11.6 Å². The van der Waals surface area contributed by atoms with Gasteiger partial charge in [0.15, 0.2) is 5.75 Å². The Morgan fingerprint density at radius 1 is 1.10 bits per heavy atom. The monoisotopic (exact) mass is 466 g/mol. The fraction of sp³-hybridized carbons (Fsp3) is 0.0435. The van der Waals surface area contributed by atoms with Crippen molar-refractivity contribution in [3.63, 3.8) is 0 Å². The van der Waals surface area contributed by atoms with Crippen LogP contribution in [-0.2, 0) is 6.61 Å². The van der Waals surface area contributed by atoms with Crippen molar-refractivity contribution >= 4 is 39.2 Å². The molecule has 0 atom stereocenters. The SMILES string of the molecule is N#C/C(=C/c1cc(Cl)c(OCc2ccccc2C#N)c(Br)c1)c1cccc(F)c1. The maximum atomic E-state index is 13.5. The standard InChI is InChI=1S/C23H13BrClFN2O/c24-21-9-15(8-19(13-28)16-6-3-7-20(26)11-16)10-22(25)23(21)29-14-18-5-2-1-4-17(18)12-27/h1-11H,14H2/b19-8-. The van der Waals surface area contributed by atoms with Gasteiger partial charge in [-0.2, -0.15) is 10.5 Å². The fourth-order valence-electron chi connectivity index (χ4n) is 2.71. The zero-order chi connectivity index (χ0) is 20.8. The third-order valence-corrected chi connectivity index (χ3v) is 4.97. The van der Waals surface area contributed by atoms with Crippen molar-refractivity contribution in [3.05, 3.63) is 98.2 Å². The van der Waals surface area contributed by atoms with Gasteiger partial charge in [0.05, 0.1) is 32.8 Å². The van der Waals surface area contributed by atoms with Crippen molar-refractivity contribution in [2.75, 3.05) is 0 Å². The van der Waals surface area contributed by atoms with E-state index >= 15 is 0 Å². The summed E-state index contributed by atoms with van der Waals surface area (Å²) < 4.78 is 19.9. The van der Waals surface area contributed by atoms with E-state index in [9.17, 15) is 14.9 Å². The van der Waals surface area contributed by atoms with Crippen molar-refractivity contribution in [3.8, 4) is 17.9 Å². The molecular weight excluding hydrogens is 455 g/mol. The van der Waals surface area contributed by atoms with Crippen molar-refractivity contribution in [2.24, 2.45) is 0 Å². The van der Waals surface area contributed by atoms with Crippen LogP contribution in [0, 0.1) is 28.5 Å². The highest BCUT2D eigenvalue weighted by Crippen LogP contribution is 2.36. The number of halogens is 3. The largest absolute Gasteiger partial charge is 0.486 e. The number of allylic oxidation sites excluding steroid dienone is 1. The molecule has 3 aromatic carbocycles. The highest BCUT2D eigenvalue weighted by molar-refractivity contribution is 9.10. The van der Waals surface area contributed by atoms with Crippen molar-refractivity contribution < 1.29 is 9.13 Å². The lowest BCUT2D eigenvalue weighted by molar-refractivity contribution is 0.304. The van der Waals surface area contributed by atoms with Gasteiger partial charge >= 0.3 is 0 Å². The summed E-state index contributed by atoms with van der Waals surface area (Å²) in [5.41, 5.74) is 2.73. The Kier molecular flexibility index (Phi) is 6.67. The van der Waals surface area contributed by atoms with Crippen molar-refractivity contribution in [2.45, 2.75) is 6.61 Å². The summed E-state index contributed by atoms with van der Waals surface area (Å²) in [6, 6.07) is 20.6. The first kappa shape index (κ1) is 20.6. The lowest BCUT2D eigenvalue weighted by atomic mass is 10.0. The van der Waals surface area contributed by atoms with Crippen molar-refractivity contribution in [1.29, 1.82) is 10.5 Å². The fourth-order valence-corrected chi connectivity index (χ4v) is 3.70.